The number of nitrogens with one attached hydrogen (secondary N) is 1. The summed E-state index contributed by atoms with van der Waals surface area (Å²) >= 11 is 0. The molecule has 0 aromatic carbocycles. The molecule has 25 N–H and O–H groups in total. The molecule has 678 valence electrons. The van der Waals surface area contributed by atoms with Crippen LogP contribution in [0.25, 0.3) is 11.2 Å². The standard InChI is InChI=1S/C13H15FN2O5.C13H15N5O4.C12H16F3N3O3.C12H17F2N3O3.C12H18FN3O3.C11H14F3N3O3/c1-3-13(20)10(19)12(6-14,7-17)21-11(13)16-5-4-9(18)15-8(16)2;1-3-13(21)10(20)12(2,4-19)22-11(13)18-6-17-7-8(14)15-5-16-9(7)18;1-6-17-8(16)2-3-18(6)11-9(15)10(20)12(5-19,21-11)4-7(13)14;1-7-16-8(15)2-5-17(7)11-9(14)10(19)12(6-18,20-11)3-4-13;1-3-12(6-17)10(18)9(13)11(19-12)16-5-4-8(14)15-7(16)2;1-6-16-7(15)2-3-17(6)9-11(13,14)8(19)10(4-12,5-18)20-9/h1,4-5,10-11,17,19-20H,2,6-7H2,(H,15,18);1,5-6,10-11,19-21H,4H2,2H3,(H2,14,15,16);2-3,7,9-11,19-20H,1,4-5H2,(H2,16,17);2,5,9-11,18-19H,1,3-4,6H2,(H2,15,16);4-5,9-11,17-18H,2-3,6H2,1H3,(H2,14,15);2-3,8-9,18-19H,1,4-5H2,(H2,15,16)/t2*10-,11-,12-,13-;3*9-,10+,11-,12-;8-,9-,10-/m111111/s1. The highest BCUT2D eigenvalue weighted by Gasteiger charge is 2.69. The molecule has 23 atom stereocenters. The number of terminal acetylenes is 2. The highest BCUT2D eigenvalue weighted by molar-refractivity contribution is 5.94. The third kappa shape index (κ3) is 18.5. The maximum Gasteiger partial charge on any atom is 0.320 e. The van der Waals surface area contributed by atoms with Gasteiger partial charge in [0.15, 0.2) is 89.6 Å². The number of hydrogen-bond acceptors (Lipinski definition) is 38. The van der Waals surface area contributed by atoms with Crippen molar-refractivity contribution < 1.29 is 149 Å². The summed E-state index contributed by atoms with van der Waals surface area (Å²) in [5.74, 6) is 0.964. The Morgan fingerprint density at radius 3 is 1.31 bits per heavy atom. The van der Waals surface area contributed by atoms with E-state index >= 15 is 0 Å². The van der Waals surface area contributed by atoms with Crippen molar-refractivity contribution in [1.82, 2.24) is 49.3 Å². The van der Waals surface area contributed by atoms with Crippen LogP contribution >= 0.6 is 0 Å². The number of rotatable bonds is 19. The molecular formula is C73H95F10N19O21. The van der Waals surface area contributed by atoms with Gasteiger partial charge in [-0.15, -0.1) is 12.8 Å². The van der Waals surface area contributed by atoms with E-state index in [1.807, 2.05) is 5.92 Å². The van der Waals surface area contributed by atoms with Gasteiger partial charge in [-0.05, 0) is 37.6 Å². The van der Waals surface area contributed by atoms with E-state index in [0.29, 0.717) is 11.2 Å². The smallest absolute Gasteiger partial charge is 0.320 e. The quantitative estimate of drug-likeness (QED) is 0.0471. The average Bonchev–Trinajstić information content (AvgIpc) is 1.58. The lowest BCUT2D eigenvalue weighted by molar-refractivity contribution is -0.156. The summed E-state index contributed by atoms with van der Waals surface area (Å²) in [4.78, 5) is 44.1. The fourth-order valence-electron chi connectivity index (χ4n) is 14.0. The molecule has 2 aromatic heterocycles. The number of aliphatic hydroxyl groups excluding tert-OH is 12. The summed E-state index contributed by atoms with van der Waals surface area (Å²) in [6.07, 6.45) is -2.22. The zero-order chi connectivity index (χ0) is 92.0. The number of ether oxygens (including phenoxy) is 6. The second-order valence-electron chi connectivity index (χ2n) is 29.1. The molecule has 11 aliphatic heterocycles. The van der Waals surface area contributed by atoms with E-state index in [-0.39, 0.29) is 71.1 Å². The summed E-state index contributed by atoms with van der Waals surface area (Å²) in [6, 6.07) is 0. The first-order valence-corrected chi connectivity index (χ1v) is 36.5. The maximum absolute atomic E-state index is 14.2. The van der Waals surface area contributed by atoms with Gasteiger partial charge in [-0.3, -0.25) is 13.8 Å². The molecular weight excluding hydrogens is 1670 g/mol. The van der Waals surface area contributed by atoms with Crippen LogP contribution in [0.15, 0.2) is 156 Å². The van der Waals surface area contributed by atoms with Crippen LogP contribution in [0.2, 0.25) is 0 Å². The van der Waals surface area contributed by atoms with Crippen LogP contribution in [0.3, 0.4) is 0 Å². The van der Waals surface area contributed by atoms with Crippen LogP contribution in [0, 0.1) is 24.7 Å². The van der Waals surface area contributed by atoms with Crippen LogP contribution in [0.1, 0.15) is 39.3 Å². The van der Waals surface area contributed by atoms with Gasteiger partial charge in [-0.25, -0.2) is 65.7 Å². The predicted octanol–water partition coefficient (Wildman–Crippen LogP) is -3.99. The molecule has 0 saturated carbocycles. The molecule has 0 unspecified atom stereocenters. The lowest BCUT2D eigenvalue weighted by Crippen LogP contribution is -2.56. The number of nitrogen functional groups attached to an aromatic ring is 1. The number of anilines is 1. The molecule has 13 heterocycles. The summed E-state index contributed by atoms with van der Waals surface area (Å²) < 4.78 is 168. The van der Waals surface area contributed by atoms with Gasteiger partial charge in [0.1, 0.15) is 131 Å². The molecule has 40 nitrogen and oxygen atoms in total. The molecule has 6 fully saturated rings. The van der Waals surface area contributed by atoms with Gasteiger partial charge in [-0.2, -0.15) is 8.78 Å². The maximum atomic E-state index is 14.2. The third-order valence-electron chi connectivity index (χ3n) is 21.3. The second-order valence-corrected chi connectivity index (χ2v) is 29.1. The Bertz CT molecular complexity index is 4600. The minimum atomic E-state index is -3.83. The molecule has 0 spiro atoms. The van der Waals surface area contributed by atoms with E-state index < -0.39 is 222 Å². The molecule has 50 heteroatoms. The van der Waals surface area contributed by atoms with Gasteiger partial charge in [0.05, 0.1) is 52.6 Å². The SMILES string of the molecule is C#C[C@@]1(O)[C@H](O)[C@](CO)(CF)O[C@H]1N1C=CC(=O)NC1=C.C#C[C@]1(O)[C@H](n2cnc3c(N)ncnc32)O[C@](C)(CO)[C@H]1O.C=C1N=C(N)C=CN1[C@@H]1O[C@@](CO)(CC(F)F)[C@@H](O)[C@H]1F.C=C1N=C(N)C=CN1[C@@H]1O[C@@](CO)(CCF)[C@@H](O)[C@H]1F.C=C1N=C(N)C=CN1[C@@H]1O[C@@](CO)(CF)[C@@H](O)C1(F)F.C=C1N=C(N)C=CN1[C@@H]1O[C@](CC)(CO)[C@@H](O)[C@H]1F. The van der Waals surface area contributed by atoms with Gasteiger partial charge >= 0.3 is 5.92 Å². The molecule has 0 aliphatic carbocycles. The number of aliphatic hydroxyl groups is 14. The Morgan fingerprint density at radius 2 is 0.927 bits per heavy atom. The third-order valence-corrected chi connectivity index (χ3v) is 21.3. The van der Waals surface area contributed by atoms with E-state index in [1.54, 1.807) is 6.92 Å². The van der Waals surface area contributed by atoms with Crippen LogP contribution in [0.4, 0.5) is 49.7 Å². The molecule has 0 radical (unpaired) electrons. The number of carbonyl (C=O) groups is 1. The number of amides is 1. The highest BCUT2D eigenvalue weighted by Crippen LogP contribution is 2.49. The minimum absolute atomic E-state index is 0.0287. The van der Waals surface area contributed by atoms with E-state index in [9.17, 15) is 115 Å². The van der Waals surface area contributed by atoms with Crippen molar-refractivity contribution in [2.45, 2.75) is 183 Å². The molecule has 123 heavy (non-hydrogen) atoms. The topological polar surface area (TPSA) is 607 Å². The fraction of sp³-hybridized carbons (Fsp3) is 0.534. The lowest BCUT2D eigenvalue weighted by Gasteiger charge is -2.36. The number of amidine groups is 4. The first kappa shape index (κ1) is 98.2. The highest BCUT2D eigenvalue weighted by atomic mass is 19.3. The van der Waals surface area contributed by atoms with Crippen LogP contribution in [-0.4, -0.2) is 348 Å². The van der Waals surface area contributed by atoms with Crippen molar-refractivity contribution in [3.8, 4) is 24.7 Å². The Hall–Kier alpha value is -10.3. The van der Waals surface area contributed by atoms with Crippen molar-refractivity contribution in [3.05, 3.63) is 136 Å². The Morgan fingerprint density at radius 1 is 0.528 bits per heavy atom. The van der Waals surface area contributed by atoms with Crippen molar-refractivity contribution in [2.24, 2.45) is 42.9 Å². The second kappa shape index (κ2) is 38.5. The molecule has 1 amide bonds. The van der Waals surface area contributed by atoms with Gasteiger partial charge in [0, 0.05) is 49.9 Å². The van der Waals surface area contributed by atoms with E-state index in [2.05, 4.69) is 79.1 Å². The number of fused-ring (bicyclic) bond motifs is 1. The Labute approximate surface area is 693 Å². The zero-order valence-corrected chi connectivity index (χ0v) is 65.4. The number of imidazole rings is 1. The number of carbonyl (C=O) groups excluding carboxylic acids is 1. The molecule has 2 aromatic rings. The molecule has 11 aliphatic rings. The molecule has 0 bridgehead atoms. The predicted molar refractivity (Wildman–Crippen MR) is 411 cm³/mol. The van der Waals surface area contributed by atoms with E-state index in [4.69, 9.17) is 75.0 Å². The number of alkyl halides is 10. The monoisotopic (exact) mass is 1760 g/mol. The van der Waals surface area contributed by atoms with Gasteiger partial charge < -0.3 is 158 Å². The summed E-state index contributed by atoms with van der Waals surface area (Å²) in [6.45, 7) is 12.8. The van der Waals surface area contributed by atoms with E-state index in [1.165, 1.54) is 83.0 Å². The number of halogens is 10. The van der Waals surface area contributed by atoms with Crippen molar-refractivity contribution in [2.75, 3.05) is 65.4 Å². The Kier molecular flexibility index (Phi) is 30.7. The normalized spacial score (nSPS) is 37.1. The van der Waals surface area contributed by atoms with Crippen molar-refractivity contribution >= 4 is 46.2 Å². The first-order chi connectivity index (χ1) is 57.7. The Balaban J connectivity index is 0.000000183. The summed E-state index contributed by atoms with van der Waals surface area (Å²) in [5.41, 5.74) is 12.9. The summed E-state index contributed by atoms with van der Waals surface area (Å²) in [7, 11) is 0. The number of nitrogens with zero attached hydrogens (tertiary/aromatic N) is 13. The number of aromatic nitrogens is 4. The van der Waals surface area contributed by atoms with Crippen LogP contribution < -0.4 is 34.0 Å². The fourth-order valence-corrected chi connectivity index (χ4v) is 14.0. The first-order valence-electron chi connectivity index (χ1n) is 36.5. The van der Waals surface area contributed by atoms with Crippen molar-refractivity contribution in [3.63, 3.8) is 0 Å². The molecule has 6 saturated heterocycles. The lowest BCUT2D eigenvalue weighted by atomic mass is 9.87. The number of hydrogen-bond donors (Lipinski definition) is 20. The van der Waals surface area contributed by atoms with Crippen LogP contribution in [-0.2, 0) is 33.2 Å². The minimum Gasteiger partial charge on any atom is -0.393 e. The van der Waals surface area contributed by atoms with Crippen LogP contribution in [0.5, 0.6) is 0 Å². The largest absolute Gasteiger partial charge is 0.393 e. The number of aliphatic imine (C=N–C) groups is 4. The average molecular weight is 1760 g/mol. The van der Waals surface area contributed by atoms with Crippen molar-refractivity contribution in [1.29, 1.82) is 0 Å². The van der Waals surface area contributed by atoms with Gasteiger partial charge in [0.2, 0.25) is 12.7 Å². The summed E-state index contributed by atoms with van der Waals surface area (Å²) in [5, 5.41) is 139. The van der Waals surface area contributed by atoms with Gasteiger partial charge in [-0.1, -0.05) is 51.7 Å². The van der Waals surface area contributed by atoms with Gasteiger partial charge in [0.25, 0.3) is 5.91 Å². The van der Waals surface area contributed by atoms with E-state index in [0.717, 1.165) is 27.0 Å². The number of nitrogens with two attached hydrogens (primary N) is 5. The molecule has 13 rings (SSSR count). The zero-order valence-electron chi connectivity index (χ0n) is 65.4.